The Labute approximate surface area is 165 Å². The van der Waals surface area contributed by atoms with Crippen LogP contribution in [0.5, 0.6) is 0 Å². The summed E-state index contributed by atoms with van der Waals surface area (Å²) in [5.74, 6) is 0. The van der Waals surface area contributed by atoms with Gasteiger partial charge in [0.25, 0.3) is 0 Å². The molecule has 4 heteroatoms. The van der Waals surface area contributed by atoms with Crippen LogP contribution in [0, 0.1) is 13.8 Å². The van der Waals surface area contributed by atoms with Gasteiger partial charge in [-0.2, -0.15) is 0 Å². The van der Waals surface area contributed by atoms with E-state index in [1.54, 1.807) is 0 Å². The maximum atomic E-state index is 6.21. The Morgan fingerprint density at radius 2 is 1.54 bits per heavy atom. The number of anilines is 1. The molecule has 0 aliphatic carbocycles. The van der Waals surface area contributed by atoms with Gasteiger partial charge in [0.15, 0.2) is 5.11 Å². The molecule has 0 aromatic heterocycles. The summed E-state index contributed by atoms with van der Waals surface area (Å²) >= 11 is 11.8. The second-order valence-corrected chi connectivity index (χ2v) is 7.13. The summed E-state index contributed by atoms with van der Waals surface area (Å²) in [6.45, 7) is 4.06. The third-order valence-electron chi connectivity index (χ3n) is 4.25. The lowest BCUT2D eigenvalue weighted by Crippen LogP contribution is -2.33. The molecule has 0 amide bonds. The topological polar surface area (TPSA) is 24.1 Å². The Morgan fingerprint density at radius 1 is 0.885 bits per heavy atom. The molecule has 0 fully saturated rings. The zero-order valence-corrected chi connectivity index (χ0v) is 16.4. The molecule has 3 aromatic rings. The minimum absolute atomic E-state index is 0.0299. The average Bonchev–Trinajstić information content (AvgIpc) is 2.64. The molecule has 0 saturated heterocycles. The third kappa shape index (κ3) is 4.63. The van der Waals surface area contributed by atoms with Crippen LogP contribution in [0.15, 0.2) is 72.8 Å². The summed E-state index contributed by atoms with van der Waals surface area (Å²) in [6, 6.07) is 24.6. The highest BCUT2D eigenvalue weighted by molar-refractivity contribution is 7.80. The van der Waals surface area contributed by atoms with Crippen LogP contribution in [0.1, 0.15) is 28.3 Å². The van der Waals surface area contributed by atoms with Crippen LogP contribution in [0.2, 0.25) is 5.02 Å². The van der Waals surface area contributed by atoms with Gasteiger partial charge in [0.1, 0.15) is 0 Å². The van der Waals surface area contributed by atoms with Crippen molar-refractivity contribution >= 4 is 34.6 Å². The molecular formula is C22H21ClN2S. The largest absolute Gasteiger partial charge is 0.352 e. The van der Waals surface area contributed by atoms with Gasteiger partial charge < -0.3 is 10.6 Å². The first kappa shape index (κ1) is 18.4. The highest BCUT2D eigenvalue weighted by atomic mass is 35.5. The molecule has 0 aliphatic rings. The van der Waals surface area contributed by atoms with Gasteiger partial charge >= 0.3 is 0 Å². The van der Waals surface area contributed by atoms with Gasteiger partial charge in [0.2, 0.25) is 0 Å². The van der Waals surface area contributed by atoms with Crippen molar-refractivity contribution in [3.8, 4) is 0 Å². The van der Waals surface area contributed by atoms with Crippen molar-refractivity contribution in [3.63, 3.8) is 0 Å². The van der Waals surface area contributed by atoms with Crippen LogP contribution in [-0.4, -0.2) is 5.11 Å². The molecule has 26 heavy (non-hydrogen) atoms. The summed E-state index contributed by atoms with van der Waals surface area (Å²) in [5, 5.41) is 7.93. The Kier molecular flexibility index (Phi) is 5.92. The Hall–Kier alpha value is -2.36. The number of rotatable bonds is 4. The van der Waals surface area contributed by atoms with E-state index in [9.17, 15) is 0 Å². The molecule has 132 valence electrons. The molecule has 0 heterocycles. The van der Waals surface area contributed by atoms with Crippen LogP contribution in [0.3, 0.4) is 0 Å². The summed E-state index contributed by atoms with van der Waals surface area (Å²) in [4.78, 5) is 0. The van der Waals surface area contributed by atoms with Crippen LogP contribution in [-0.2, 0) is 0 Å². The predicted octanol–water partition coefficient (Wildman–Crippen LogP) is 6.03. The summed E-state index contributed by atoms with van der Waals surface area (Å²) in [5.41, 5.74) is 5.46. The van der Waals surface area contributed by atoms with E-state index in [1.807, 2.05) is 43.3 Å². The Balaban J connectivity index is 1.82. The summed E-state index contributed by atoms with van der Waals surface area (Å²) in [7, 11) is 0. The van der Waals surface area contributed by atoms with E-state index in [-0.39, 0.29) is 6.04 Å². The molecule has 1 atom stereocenters. The Bertz CT molecular complexity index is 892. The Morgan fingerprint density at radius 3 is 2.19 bits per heavy atom. The molecule has 0 saturated carbocycles. The van der Waals surface area contributed by atoms with Crippen molar-refractivity contribution in [1.82, 2.24) is 5.32 Å². The van der Waals surface area contributed by atoms with Crippen LogP contribution in [0.25, 0.3) is 0 Å². The molecule has 0 aliphatic heterocycles. The molecule has 0 bridgehead atoms. The van der Waals surface area contributed by atoms with Gasteiger partial charge in [-0.25, -0.2) is 0 Å². The lowest BCUT2D eigenvalue weighted by Gasteiger charge is -2.22. The van der Waals surface area contributed by atoms with Crippen molar-refractivity contribution in [2.24, 2.45) is 0 Å². The van der Waals surface area contributed by atoms with Gasteiger partial charge in [-0.3, -0.25) is 0 Å². The fraction of sp³-hybridized carbons (Fsp3) is 0.136. The van der Waals surface area contributed by atoms with E-state index in [1.165, 1.54) is 5.56 Å². The molecule has 2 N–H and O–H groups in total. The smallest absolute Gasteiger partial charge is 0.171 e. The van der Waals surface area contributed by atoms with Crippen LogP contribution in [0.4, 0.5) is 5.69 Å². The van der Waals surface area contributed by atoms with Crippen molar-refractivity contribution in [1.29, 1.82) is 0 Å². The molecule has 3 aromatic carbocycles. The molecule has 3 rings (SSSR count). The SMILES string of the molecule is Cc1ccc(C(NC(=S)Nc2ccc(C)c(Cl)c2)c2ccccc2)cc1. The number of thiocarbonyl (C=S) groups is 1. The van der Waals surface area contributed by atoms with E-state index < -0.39 is 0 Å². The molecule has 2 nitrogen and oxygen atoms in total. The van der Waals surface area contributed by atoms with Gasteiger partial charge in [-0.15, -0.1) is 0 Å². The number of benzene rings is 3. The van der Waals surface area contributed by atoms with E-state index >= 15 is 0 Å². The zero-order chi connectivity index (χ0) is 18.5. The quantitative estimate of drug-likeness (QED) is 0.540. The van der Waals surface area contributed by atoms with Gasteiger partial charge in [-0.05, 0) is 54.9 Å². The van der Waals surface area contributed by atoms with E-state index in [0.717, 1.165) is 27.4 Å². The number of halogens is 1. The number of nitrogens with one attached hydrogen (secondary N) is 2. The highest BCUT2D eigenvalue weighted by Gasteiger charge is 2.15. The van der Waals surface area contributed by atoms with Gasteiger partial charge in [0.05, 0.1) is 6.04 Å². The number of hydrogen-bond acceptors (Lipinski definition) is 1. The highest BCUT2D eigenvalue weighted by Crippen LogP contribution is 2.24. The van der Waals surface area contributed by atoms with Crippen LogP contribution < -0.4 is 10.6 Å². The van der Waals surface area contributed by atoms with E-state index in [2.05, 4.69) is 54.0 Å². The lowest BCUT2D eigenvalue weighted by atomic mass is 9.98. The minimum Gasteiger partial charge on any atom is -0.352 e. The van der Waals surface area contributed by atoms with Gasteiger partial charge in [-0.1, -0.05) is 77.8 Å². The summed E-state index contributed by atoms with van der Waals surface area (Å²) in [6.07, 6.45) is 0. The molecule has 0 spiro atoms. The number of hydrogen-bond donors (Lipinski definition) is 2. The number of aryl methyl sites for hydroxylation is 2. The maximum Gasteiger partial charge on any atom is 0.171 e. The normalized spacial score (nSPS) is 11.7. The molecule has 1 unspecified atom stereocenters. The lowest BCUT2D eigenvalue weighted by molar-refractivity contribution is 0.768. The van der Waals surface area contributed by atoms with Crippen LogP contribution >= 0.6 is 23.8 Å². The van der Waals surface area contributed by atoms with E-state index in [0.29, 0.717) is 5.11 Å². The summed E-state index contributed by atoms with van der Waals surface area (Å²) < 4.78 is 0. The fourth-order valence-electron chi connectivity index (χ4n) is 2.73. The monoisotopic (exact) mass is 380 g/mol. The van der Waals surface area contributed by atoms with Crippen molar-refractivity contribution < 1.29 is 0 Å². The third-order valence-corrected chi connectivity index (χ3v) is 4.88. The minimum atomic E-state index is -0.0299. The molecule has 0 radical (unpaired) electrons. The van der Waals surface area contributed by atoms with Gasteiger partial charge in [0, 0.05) is 10.7 Å². The standard InChI is InChI=1S/C22H21ClN2S/c1-15-8-11-18(12-9-15)21(17-6-4-3-5-7-17)25-22(26)24-19-13-10-16(2)20(23)14-19/h3-14,21H,1-2H3,(H2,24,25,26). The first-order valence-electron chi connectivity index (χ1n) is 8.48. The second kappa shape index (κ2) is 8.35. The zero-order valence-electron chi connectivity index (χ0n) is 14.8. The predicted molar refractivity (Wildman–Crippen MR) is 115 cm³/mol. The average molecular weight is 381 g/mol. The molecular weight excluding hydrogens is 360 g/mol. The fourth-order valence-corrected chi connectivity index (χ4v) is 3.15. The maximum absolute atomic E-state index is 6.21. The van der Waals surface area contributed by atoms with Crippen molar-refractivity contribution in [2.75, 3.05) is 5.32 Å². The second-order valence-electron chi connectivity index (χ2n) is 6.32. The first-order valence-corrected chi connectivity index (χ1v) is 9.27. The van der Waals surface area contributed by atoms with Crippen molar-refractivity contribution in [2.45, 2.75) is 19.9 Å². The van der Waals surface area contributed by atoms with Crippen molar-refractivity contribution in [3.05, 3.63) is 100 Å². The van der Waals surface area contributed by atoms with E-state index in [4.69, 9.17) is 23.8 Å². The first-order chi connectivity index (χ1) is 12.5.